The molecule has 1 unspecified atom stereocenters. The van der Waals surface area contributed by atoms with Gasteiger partial charge >= 0.3 is 6.09 Å². The zero-order valence-corrected chi connectivity index (χ0v) is 17.2. The highest BCUT2D eigenvalue weighted by Crippen LogP contribution is 2.41. The predicted octanol–water partition coefficient (Wildman–Crippen LogP) is 0.652. The summed E-state index contributed by atoms with van der Waals surface area (Å²) in [5, 5.41) is 12.8. The second-order valence-electron chi connectivity index (χ2n) is 8.57. The van der Waals surface area contributed by atoms with Gasteiger partial charge in [-0.2, -0.15) is 0 Å². The number of amides is 3. The number of β-lactam (4-membered cyclic amide) rings is 1. The van der Waals surface area contributed by atoms with E-state index in [4.69, 9.17) is 9.15 Å². The van der Waals surface area contributed by atoms with E-state index in [2.05, 4.69) is 10.3 Å². The van der Waals surface area contributed by atoms with Gasteiger partial charge in [-0.1, -0.05) is 0 Å². The van der Waals surface area contributed by atoms with Gasteiger partial charge in [-0.3, -0.25) is 14.5 Å². The van der Waals surface area contributed by atoms with Crippen molar-refractivity contribution in [3.63, 3.8) is 0 Å². The van der Waals surface area contributed by atoms with Crippen LogP contribution in [0, 0.1) is 0 Å². The topological polar surface area (TPSA) is 125 Å². The molecule has 10 heteroatoms. The average molecular weight is 408 g/mol. The fourth-order valence-electron chi connectivity index (χ4n) is 3.90. The highest BCUT2D eigenvalue weighted by Gasteiger charge is 2.62. The van der Waals surface area contributed by atoms with E-state index >= 15 is 0 Å². The van der Waals surface area contributed by atoms with Gasteiger partial charge < -0.3 is 24.5 Å². The molecule has 0 aromatic carbocycles. The van der Waals surface area contributed by atoms with E-state index in [1.165, 1.54) is 29.3 Å². The van der Waals surface area contributed by atoms with Crippen LogP contribution in [0.25, 0.3) is 0 Å². The van der Waals surface area contributed by atoms with Crippen molar-refractivity contribution >= 4 is 17.9 Å². The minimum Gasteiger partial charge on any atom is -0.447 e. The predicted molar refractivity (Wildman–Crippen MR) is 100 cm³/mol. The van der Waals surface area contributed by atoms with Crippen molar-refractivity contribution in [1.82, 2.24) is 20.1 Å². The number of ether oxygens (including phenoxy) is 1. The van der Waals surface area contributed by atoms with Crippen LogP contribution in [-0.2, 0) is 20.9 Å². The highest BCUT2D eigenvalue weighted by atomic mass is 16.6. The SMILES string of the molecule is C[C@@H](O)[C@@H](C(=O)NCc1cnco1)N1CC2(CCCN2C(=O)OC(C)(C)C)C1=O. The summed E-state index contributed by atoms with van der Waals surface area (Å²) in [6.07, 6.45) is 2.29. The van der Waals surface area contributed by atoms with Gasteiger partial charge in [0.2, 0.25) is 5.91 Å². The van der Waals surface area contributed by atoms with Crippen LogP contribution >= 0.6 is 0 Å². The number of oxazole rings is 1. The molecule has 2 fully saturated rings. The Labute approximate surface area is 169 Å². The molecule has 2 saturated heterocycles. The smallest absolute Gasteiger partial charge is 0.411 e. The van der Waals surface area contributed by atoms with Crippen LogP contribution in [0.2, 0.25) is 0 Å². The molecule has 3 rings (SSSR count). The molecule has 1 aromatic rings. The van der Waals surface area contributed by atoms with E-state index in [1.807, 2.05) is 0 Å². The fraction of sp³-hybridized carbons (Fsp3) is 0.684. The maximum Gasteiger partial charge on any atom is 0.411 e. The summed E-state index contributed by atoms with van der Waals surface area (Å²) in [6, 6.07) is -1.06. The van der Waals surface area contributed by atoms with Crippen molar-refractivity contribution in [2.45, 2.75) is 70.4 Å². The normalized spacial score (nSPS) is 23.7. The molecule has 160 valence electrons. The summed E-state index contributed by atoms with van der Waals surface area (Å²) in [7, 11) is 0. The van der Waals surface area contributed by atoms with Crippen LogP contribution in [-0.4, -0.2) is 74.2 Å². The molecule has 0 bridgehead atoms. The second-order valence-corrected chi connectivity index (χ2v) is 8.57. The lowest BCUT2D eigenvalue weighted by Gasteiger charge is -2.53. The van der Waals surface area contributed by atoms with Crippen LogP contribution < -0.4 is 5.32 Å². The Morgan fingerprint density at radius 2 is 2.17 bits per heavy atom. The monoisotopic (exact) mass is 408 g/mol. The molecule has 0 aliphatic carbocycles. The molecule has 3 amide bonds. The Bertz CT molecular complexity index is 772. The number of aliphatic hydroxyl groups excluding tert-OH is 1. The van der Waals surface area contributed by atoms with Crippen LogP contribution in [0.5, 0.6) is 0 Å². The van der Waals surface area contributed by atoms with E-state index in [9.17, 15) is 19.5 Å². The molecule has 3 atom stereocenters. The molecule has 0 radical (unpaired) electrons. The number of aromatic nitrogens is 1. The van der Waals surface area contributed by atoms with E-state index < -0.39 is 35.3 Å². The molecule has 2 aliphatic rings. The van der Waals surface area contributed by atoms with Gasteiger partial charge in [-0.15, -0.1) is 0 Å². The van der Waals surface area contributed by atoms with Gasteiger partial charge in [0.05, 0.1) is 25.4 Å². The molecule has 1 spiro atoms. The molecule has 2 aliphatic heterocycles. The van der Waals surface area contributed by atoms with E-state index in [1.54, 1.807) is 20.8 Å². The summed E-state index contributed by atoms with van der Waals surface area (Å²) in [6.45, 7) is 7.46. The first-order valence-electron chi connectivity index (χ1n) is 9.70. The zero-order chi connectivity index (χ0) is 21.4. The first-order chi connectivity index (χ1) is 13.5. The van der Waals surface area contributed by atoms with Gasteiger partial charge in [0.25, 0.3) is 5.91 Å². The van der Waals surface area contributed by atoms with Gasteiger partial charge in [-0.05, 0) is 40.5 Å². The van der Waals surface area contributed by atoms with Crippen molar-refractivity contribution < 1.29 is 28.6 Å². The van der Waals surface area contributed by atoms with Crippen LogP contribution in [0.1, 0.15) is 46.3 Å². The first kappa shape index (κ1) is 21.1. The van der Waals surface area contributed by atoms with Gasteiger partial charge in [-0.25, -0.2) is 9.78 Å². The van der Waals surface area contributed by atoms with E-state index in [-0.39, 0.29) is 19.0 Å². The second kappa shape index (κ2) is 7.66. The number of carbonyl (C=O) groups is 3. The lowest BCUT2D eigenvalue weighted by atomic mass is 9.83. The number of hydrogen-bond acceptors (Lipinski definition) is 7. The highest BCUT2D eigenvalue weighted by molar-refractivity contribution is 5.99. The van der Waals surface area contributed by atoms with Crippen LogP contribution in [0.3, 0.4) is 0 Å². The number of aliphatic hydroxyl groups is 1. The summed E-state index contributed by atoms with van der Waals surface area (Å²) in [4.78, 5) is 44.9. The maximum atomic E-state index is 13.1. The summed E-state index contributed by atoms with van der Waals surface area (Å²) >= 11 is 0. The van der Waals surface area contributed by atoms with E-state index in [0.29, 0.717) is 25.1 Å². The standard InChI is InChI=1S/C19H28N4O6/c1-12(24)14(15(25)21-9-13-8-20-11-28-13)22-10-19(16(22)26)6-5-7-23(19)17(27)29-18(2,3)4/h8,11-12,14,24H,5-7,9-10H2,1-4H3,(H,21,25)/t12-,14+,19?/m1/s1. The lowest BCUT2D eigenvalue weighted by molar-refractivity contribution is -0.171. The van der Waals surface area contributed by atoms with Crippen molar-refractivity contribution in [3.8, 4) is 0 Å². The van der Waals surface area contributed by atoms with E-state index in [0.717, 1.165) is 0 Å². The molecule has 10 nitrogen and oxygen atoms in total. The van der Waals surface area contributed by atoms with Gasteiger partial charge in [0, 0.05) is 6.54 Å². The third-order valence-electron chi connectivity index (χ3n) is 5.18. The molecule has 29 heavy (non-hydrogen) atoms. The third-order valence-corrected chi connectivity index (χ3v) is 5.18. The number of nitrogens with one attached hydrogen (secondary N) is 1. The lowest BCUT2D eigenvalue weighted by Crippen LogP contribution is -2.77. The fourth-order valence-corrected chi connectivity index (χ4v) is 3.90. The van der Waals surface area contributed by atoms with Crippen LogP contribution in [0.4, 0.5) is 4.79 Å². The average Bonchev–Trinajstić information content (AvgIpc) is 3.28. The Kier molecular flexibility index (Phi) is 5.57. The minimum absolute atomic E-state index is 0.0965. The molecule has 2 N–H and O–H groups in total. The Hall–Kier alpha value is -2.62. The molecular formula is C19H28N4O6. The summed E-state index contributed by atoms with van der Waals surface area (Å²) < 4.78 is 10.5. The zero-order valence-electron chi connectivity index (χ0n) is 17.2. The largest absolute Gasteiger partial charge is 0.447 e. The van der Waals surface area contributed by atoms with Crippen molar-refractivity contribution in [3.05, 3.63) is 18.4 Å². The quantitative estimate of drug-likeness (QED) is 0.685. The number of likely N-dealkylation sites (tertiary alicyclic amines) is 2. The van der Waals surface area contributed by atoms with Gasteiger partial charge in [0.15, 0.2) is 6.39 Å². The molecule has 1 aromatic heterocycles. The van der Waals surface area contributed by atoms with Crippen molar-refractivity contribution in [1.29, 1.82) is 0 Å². The Morgan fingerprint density at radius 1 is 1.45 bits per heavy atom. The van der Waals surface area contributed by atoms with Crippen molar-refractivity contribution in [2.75, 3.05) is 13.1 Å². The minimum atomic E-state index is -1.08. The van der Waals surface area contributed by atoms with Crippen LogP contribution in [0.15, 0.2) is 17.0 Å². The number of nitrogens with zero attached hydrogens (tertiary/aromatic N) is 3. The Balaban J connectivity index is 1.69. The number of carbonyl (C=O) groups excluding carboxylic acids is 3. The molecular weight excluding hydrogens is 380 g/mol. The maximum absolute atomic E-state index is 13.1. The number of rotatable bonds is 5. The first-order valence-corrected chi connectivity index (χ1v) is 9.70. The molecule has 3 heterocycles. The number of hydrogen-bond donors (Lipinski definition) is 2. The summed E-state index contributed by atoms with van der Waals surface area (Å²) in [5.41, 5.74) is -1.67. The summed E-state index contributed by atoms with van der Waals surface area (Å²) in [5.74, 6) is -0.385. The molecule has 0 saturated carbocycles. The van der Waals surface area contributed by atoms with Gasteiger partial charge in [0.1, 0.15) is 22.9 Å². The van der Waals surface area contributed by atoms with Crippen molar-refractivity contribution in [2.24, 2.45) is 0 Å². The Morgan fingerprint density at radius 3 is 2.72 bits per heavy atom. The third kappa shape index (κ3) is 4.07.